The number of carbonyl (C=O) groups is 1. The Kier molecular flexibility index (Phi) is 5.84. The molecule has 0 spiro atoms. The van der Waals surface area contributed by atoms with Gasteiger partial charge in [-0.15, -0.1) is 11.3 Å². The summed E-state index contributed by atoms with van der Waals surface area (Å²) in [7, 11) is -0.666. The first kappa shape index (κ1) is 22.1. The molecule has 1 N–H and O–H groups in total. The number of hydrogen-bond donors (Lipinski definition) is 1. The molecule has 1 aromatic heterocycles. The number of aryl methyl sites for hydroxylation is 1. The van der Waals surface area contributed by atoms with Crippen molar-refractivity contribution in [3.05, 3.63) is 52.9 Å². The second kappa shape index (κ2) is 7.92. The van der Waals surface area contributed by atoms with Gasteiger partial charge in [0, 0.05) is 17.3 Å². The van der Waals surface area contributed by atoms with Gasteiger partial charge >= 0.3 is 0 Å². The van der Waals surface area contributed by atoms with Crippen LogP contribution in [0.5, 0.6) is 5.75 Å². The van der Waals surface area contributed by atoms with Gasteiger partial charge in [0.1, 0.15) is 5.75 Å². The molecular formula is C22H26N2O4S2. The third kappa shape index (κ3) is 4.44. The van der Waals surface area contributed by atoms with E-state index in [4.69, 9.17) is 4.74 Å². The molecule has 2 aromatic carbocycles. The van der Waals surface area contributed by atoms with Crippen molar-refractivity contribution in [3.63, 3.8) is 0 Å². The number of sulfonamides is 1. The van der Waals surface area contributed by atoms with E-state index >= 15 is 0 Å². The second-order valence-corrected chi connectivity index (χ2v) is 11.2. The van der Waals surface area contributed by atoms with Crippen LogP contribution in [0.2, 0.25) is 0 Å². The van der Waals surface area contributed by atoms with E-state index in [1.165, 1.54) is 28.8 Å². The maximum atomic E-state index is 13.1. The Bertz CT molecular complexity index is 1210. The van der Waals surface area contributed by atoms with Crippen molar-refractivity contribution in [2.24, 2.45) is 0 Å². The van der Waals surface area contributed by atoms with E-state index in [1.807, 2.05) is 26.8 Å². The quantitative estimate of drug-likeness (QED) is 0.623. The molecule has 0 atom stereocenters. The number of hydrogen-bond acceptors (Lipinski definition) is 5. The van der Waals surface area contributed by atoms with Gasteiger partial charge in [0.2, 0.25) is 0 Å². The van der Waals surface area contributed by atoms with Gasteiger partial charge in [-0.2, -0.15) is 0 Å². The predicted molar refractivity (Wildman–Crippen MR) is 122 cm³/mol. The Morgan fingerprint density at radius 3 is 2.40 bits per heavy atom. The molecular weight excluding hydrogens is 420 g/mol. The van der Waals surface area contributed by atoms with Crippen LogP contribution in [0.15, 0.2) is 47.4 Å². The normalized spacial score (nSPS) is 12.1. The fraction of sp³-hybridized carbons (Fsp3) is 0.318. The summed E-state index contributed by atoms with van der Waals surface area (Å²) < 4.78 is 33.6. The lowest BCUT2D eigenvalue weighted by molar-refractivity contribution is 0.0924. The highest BCUT2D eigenvalue weighted by Crippen LogP contribution is 2.32. The van der Waals surface area contributed by atoms with Gasteiger partial charge in [-0.3, -0.25) is 9.10 Å². The molecule has 0 unspecified atom stereocenters. The smallest absolute Gasteiger partial charge is 0.264 e. The Labute approximate surface area is 181 Å². The topological polar surface area (TPSA) is 75.7 Å². The molecule has 0 aliphatic carbocycles. The van der Waals surface area contributed by atoms with Gasteiger partial charge in [-0.25, -0.2) is 8.42 Å². The van der Waals surface area contributed by atoms with Crippen LogP contribution in [0.25, 0.3) is 10.1 Å². The number of nitrogens with one attached hydrogen (secondary N) is 1. The highest BCUT2D eigenvalue weighted by atomic mass is 32.2. The zero-order chi connectivity index (χ0) is 22.3. The lowest BCUT2D eigenvalue weighted by atomic mass is 10.1. The highest BCUT2D eigenvalue weighted by Gasteiger charge is 2.23. The molecule has 0 saturated carbocycles. The first-order valence-electron chi connectivity index (χ1n) is 9.42. The summed E-state index contributed by atoms with van der Waals surface area (Å²) in [4.78, 5) is 13.2. The first-order valence-corrected chi connectivity index (χ1v) is 11.7. The number of fused-ring (bicyclic) bond motifs is 1. The van der Waals surface area contributed by atoms with Gasteiger partial charge in [0.15, 0.2) is 0 Å². The van der Waals surface area contributed by atoms with Crippen molar-refractivity contribution in [1.29, 1.82) is 0 Å². The van der Waals surface area contributed by atoms with Crippen molar-refractivity contribution in [2.45, 2.75) is 38.1 Å². The maximum Gasteiger partial charge on any atom is 0.264 e. The van der Waals surface area contributed by atoms with E-state index in [0.717, 1.165) is 15.6 Å². The third-order valence-electron chi connectivity index (χ3n) is 4.60. The lowest BCUT2D eigenvalue weighted by Crippen LogP contribution is -2.40. The number of anilines is 1. The van der Waals surface area contributed by atoms with Crippen molar-refractivity contribution < 1.29 is 17.9 Å². The monoisotopic (exact) mass is 446 g/mol. The minimum absolute atomic E-state index is 0.139. The van der Waals surface area contributed by atoms with E-state index in [0.29, 0.717) is 16.3 Å². The zero-order valence-corrected chi connectivity index (χ0v) is 19.6. The van der Waals surface area contributed by atoms with Crippen LogP contribution in [-0.2, 0) is 10.0 Å². The molecule has 0 bridgehead atoms. The van der Waals surface area contributed by atoms with Crippen LogP contribution in [-0.4, -0.2) is 34.0 Å². The van der Waals surface area contributed by atoms with Crippen molar-refractivity contribution in [3.8, 4) is 5.75 Å². The van der Waals surface area contributed by atoms with Crippen LogP contribution < -0.4 is 14.4 Å². The molecule has 160 valence electrons. The van der Waals surface area contributed by atoms with Crippen molar-refractivity contribution in [2.75, 3.05) is 18.5 Å². The molecule has 0 fully saturated rings. The van der Waals surface area contributed by atoms with Crippen molar-refractivity contribution >= 4 is 43.0 Å². The highest BCUT2D eigenvalue weighted by molar-refractivity contribution is 7.92. The number of thiophene rings is 1. The average Bonchev–Trinajstić information content (AvgIpc) is 3.09. The SMILES string of the molecule is COc1ccc(S(=O)(=O)N(C)c2ccc3sc(C(=O)NC(C)(C)C)cc3c2)cc1C. The van der Waals surface area contributed by atoms with Crippen LogP contribution in [0.3, 0.4) is 0 Å². The third-order valence-corrected chi connectivity index (χ3v) is 7.50. The zero-order valence-electron chi connectivity index (χ0n) is 17.9. The fourth-order valence-corrected chi connectivity index (χ4v) is 5.26. The van der Waals surface area contributed by atoms with Gasteiger partial charge in [0.05, 0.1) is 22.6 Å². The molecule has 6 nitrogen and oxygen atoms in total. The summed E-state index contributed by atoms with van der Waals surface area (Å²) in [5, 5.41) is 3.77. The number of benzene rings is 2. The number of amides is 1. The summed E-state index contributed by atoms with van der Waals surface area (Å²) in [6.45, 7) is 7.59. The Morgan fingerprint density at radius 2 is 1.80 bits per heavy atom. The van der Waals surface area contributed by atoms with Gasteiger partial charge < -0.3 is 10.1 Å². The number of carbonyl (C=O) groups excluding carboxylic acids is 1. The first-order chi connectivity index (χ1) is 13.9. The number of nitrogens with zero attached hydrogens (tertiary/aromatic N) is 1. The summed E-state index contributed by atoms with van der Waals surface area (Å²) in [6.07, 6.45) is 0. The molecule has 3 aromatic rings. The van der Waals surface area contributed by atoms with Gasteiger partial charge in [-0.1, -0.05) is 0 Å². The fourth-order valence-electron chi connectivity index (χ4n) is 3.05. The molecule has 8 heteroatoms. The van der Waals surface area contributed by atoms with E-state index in [2.05, 4.69) is 5.32 Å². The Hall–Kier alpha value is -2.58. The number of rotatable bonds is 5. The summed E-state index contributed by atoms with van der Waals surface area (Å²) in [6, 6.07) is 12.0. The van der Waals surface area contributed by atoms with Gasteiger partial charge in [0.25, 0.3) is 15.9 Å². The molecule has 0 aliphatic heterocycles. The van der Waals surface area contributed by atoms with Crippen molar-refractivity contribution in [1.82, 2.24) is 5.32 Å². The molecule has 0 aliphatic rings. The lowest BCUT2D eigenvalue weighted by Gasteiger charge is -2.20. The Balaban J connectivity index is 1.94. The van der Waals surface area contributed by atoms with E-state index < -0.39 is 10.0 Å². The minimum Gasteiger partial charge on any atom is -0.496 e. The van der Waals surface area contributed by atoms with E-state index in [1.54, 1.807) is 44.4 Å². The minimum atomic E-state index is -3.74. The molecule has 0 radical (unpaired) electrons. The molecule has 3 rings (SSSR count). The van der Waals surface area contributed by atoms with Crippen LogP contribution in [0, 0.1) is 6.92 Å². The summed E-state index contributed by atoms with van der Waals surface area (Å²) in [5.74, 6) is 0.497. The van der Waals surface area contributed by atoms with Crippen LogP contribution in [0.4, 0.5) is 5.69 Å². The largest absolute Gasteiger partial charge is 0.496 e. The average molecular weight is 447 g/mol. The second-order valence-electron chi connectivity index (χ2n) is 8.14. The van der Waals surface area contributed by atoms with Crippen LogP contribution in [0.1, 0.15) is 36.0 Å². The molecule has 1 heterocycles. The molecule has 30 heavy (non-hydrogen) atoms. The molecule has 1 amide bonds. The van der Waals surface area contributed by atoms with Crippen LogP contribution >= 0.6 is 11.3 Å². The summed E-state index contributed by atoms with van der Waals surface area (Å²) in [5.41, 5.74) is 0.940. The standard InChI is InChI=1S/C22H26N2O4S2/c1-14-11-17(8-9-18(14)28-6)30(26,27)24(5)16-7-10-19-15(12-16)13-20(29-19)21(25)23-22(2,3)4/h7-13H,1-6H3,(H,23,25). The number of ether oxygens (including phenoxy) is 1. The predicted octanol–water partition coefficient (Wildman–Crippen LogP) is 4.57. The maximum absolute atomic E-state index is 13.1. The van der Waals surface area contributed by atoms with Gasteiger partial charge in [-0.05, 0) is 81.1 Å². The summed E-state index contributed by atoms with van der Waals surface area (Å²) >= 11 is 1.38. The number of methoxy groups -OCH3 is 1. The Morgan fingerprint density at radius 1 is 1.10 bits per heavy atom. The molecule has 0 saturated heterocycles. The van der Waals surface area contributed by atoms with E-state index in [-0.39, 0.29) is 16.3 Å². The van der Waals surface area contributed by atoms with E-state index in [9.17, 15) is 13.2 Å².